The average molecular weight is 276 g/mol. The Morgan fingerprint density at radius 2 is 2.00 bits per heavy atom. The lowest BCUT2D eigenvalue weighted by Crippen LogP contribution is -2.51. The monoisotopic (exact) mass is 276 g/mol. The molecule has 2 atom stereocenters. The summed E-state index contributed by atoms with van der Waals surface area (Å²) in [7, 11) is 0. The highest BCUT2D eigenvalue weighted by Crippen LogP contribution is 2.37. The Balaban J connectivity index is 2.29. The van der Waals surface area contributed by atoms with E-state index in [1.165, 1.54) is 0 Å². The van der Waals surface area contributed by atoms with Crippen LogP contribution in [0.2, 0.25) is 0 Å². The van der Waals surface area contributed by atoms with Crippen LogP contribution >= 0.6 is 0 Å². The molecule has 0 heterocycles. The molecule has 4 nitrogen and oxygen atoms in total. The molecule has 0 unspecified atom stereocenters. The molecule has 1 saturated carbocycles. The maximum Gasteiger partial charge on any atom is 0.312 e. The Bertz CT molecular complexity index is 483. The van der Waals surface area contributed by atoms with Gasteiger partial charge in [-0.05, 0) is 19.8 Å². The van der Waals surface area contributed by atoms with Gasteiger partial charge in [0.25, 0.3) is 0 Å². The van der Waals surface area contributed by atoms with E-state index >= 15 is 0 Å². The van der Waals surface area contributed by atoms with Crippen LogP contribution in [0.5, 0.6) is 0 Å². The van der Waals surface area contributed by atoms with E-state index in [0.717, 1.165) is 12.8 Å². The van der Waals surface area contributed by atoms with Crippen LogP contribution in [-0.4, -0.2) is 29.1 Å². The van der Waals surface area contributed by atoms with Crippen LogP contribution in [0.25, 0.3) is 0 Å². The second kappa shape index (κ2) is 6.18. The fraction of sp³-hybridized carbons (Fsp3) is 0.500. The van der Waals surface area contributed by atoms with Crippen molar-refractivity contribution in [2.45, 2.75) is 38.2 Å². The van der Waals surface area contributed by atoms with Crippen LogP contribution in [0.4, 0.5) is 0 Å². The SMILES string of the molecule is CCOC(=O)[C@H]1CCCC[C@]1(O)C(=O)c1ccccc1. The summed E-state index contributed by atoms with van der Waals surface area (Å²) in [5.41, 5.74) is -1.20. The summed E-state index contributed by atoms with van der Waals surface area (Å²) in [6.07, 6.45) is 2.37. The van der Waals surface area contributed by atoms with Crippen LogP contribution in [0, 0.1) is 5.92 Å². The molecule has 1 aliphatic rings. The van der Waals surface area contributed by atoms with Gasteiger partial charge in [0.2, 0.25) is 0 Å². The van der Waals surface area contributed by atoms with Gasteiger partial charge in [-0.15, -0.1) is 0 Å². The summed E-state index contributed by atoms with van der Waals surface area (Å²) < 4.78 is 5.01. The largest absolute Gasteiger partial charge is 0.466 e. The van der Waals surface area contributed by atoms with Crippen molar-refractivity contribution >= 4 is 11.8 Å². The molecule has 1 aromatic carbocycles. The number of esters is 1. The predicted octanol–water partition coefficient (Wildman–Crippen LogP) is 2.35. The van der Waals surface area contributed by atoms with Gasteiger partial charge in [-0.2, -0.15) is 0 Å². The minimum absolute atomic E-state index is 0.255. The summed E-state index contributed by atoms with van der Waals surface area (Å²) in [6.45, 7) is 1.98. The summed E-state index contributed by atoms with van der Waals surface area (Å²) in [6, 6.07) is 8.64. The van der Waals surface area contributed by atoms with Gasteiger partial charge >= 0.3 is 5.97 Å². The molecule has 1 aliphatic carbocycles. The van der Waals surface area contributed by atoms with Crippen LogP contribution in [0.3, 0.4) is 0 Å². The van der Waals surface area contributed by atoms with Crippen LogP contribution < -0.4 is 0 Å². The van der Waals surface area contributed by atoms with E-state index in [0.29, 0.717) is 18.4 Å². The molecule has 0 aromatic heterocycles. The van der Waals surface area contributed by atoms with Crippen LogP contribution in [0.1, 0.15) is 43.0 Å². The van der Waals surface area contributed by atoms with Gasteiger partial charge in [-0.25, -0.2) is 0 Å². The number of carbonyl (C=O) groups excluding carboxylic acids is 2. The van der Waals surface area contributed by atoms with Gasteiger partial charge in [0.15, 0.2) is 5.78 Å². The maximum absolute atomic E-state index is 12.6. The summed E-state index contributed by atoms with van der Waals surface area (Å²) in [4.78, 5) is 24.6. The third-order valence-corrected chi connectivity index (χ3v) is 3.88. The molecule has 0 saturated heterocycles. The molecule has 20 heavy (non-hydrogen) atoms. The first-order valence-electron chi connectivity index (χ1n) is 7.08. The fourth-order valence-electron chi connectivity index (χ4n) is 2.82. The van der Waals surface area contributed by atoms with Gasteiger partial charge in [-0.1, -0.05) is 43.2 Å². The Kier molecular flexibility index (Phi) is 4.55. The predicted molar refractivity (Wildman–Crippen MR) is 74.3 cm³/mol. The number of Topliss-reactive ketones (excluding diaryl/α,β-unsaturated/α-hetero) is 1. The van der Waals surface area contributed by atoms with E-state index in [4.69, 9.17) is 4.74 Å². The highest BCUT2D eigenvalue weighted by molar-refractivity contribution is 6.04. The molecule has 0 radical (unpaired) electrons. The second-order valence-electron chi connectivity index (χ2n) is 5.17. The van der Waals surface area contributed by atoms with Crippen molar-refractivity contribution in [3.05, 3.63) is 35.9 Å². The van der Waals surface area contributed by atoms with Gasteiger partial charge in [0.05, 0.1) is 12.5 Å². The van der Waals surface area contributed by atoms with E-state index in [-0.39, 0.29) is 12.4 Å². The lowest BCUT2D eigenvalue weighted by Gasteiger charge is -2.37. The normalized spacial score (nSPS) is 26.0. The number of rotatable bonds is 4. The number of benzene rings is 1. The van der Waals surface area contributed by atoms with Crippen molar-refractivity contribution in [3.8, 4) is 0 Å². The summed E-state index contributed by atoms with van der Waals surface area (Å²) >= 11 is 0. The van der Waals surface area contributed by atoms with Gasteiger partial charge in [-0.3, -0.25) is 9.59 Å². The molecular formula is C16H20O4. The number of aliphatic hydroxyl groups is 1. The summed E-state index contributed by atoms with van der Waals surface area (Å²) in [5.74, 6) is -1.61. The molecular weight excluding hydrogens is 256 g/mol. The van der Waals surface area contributed by atoms with Crippen molar-refractivity contribution in [1.29, 1.82) is 0 Å². The highest BCUT2D eigenvalue weighted by atomic mass is 16.5. The molecule has 4 heteroatoms. The minimum atomic E-state index is -1.63. The van der Waals surface area contributed by atoms with Crippen molar-refractivity contribution in [3.63, 3.8) is 0 Å². The molecule has 0 bridgehead atoms. The van der Waals surface area contributed by atoms with E-state index in [1.807, 2.05) is 6.07 Å². The Morgan fingerprint density at radius 3 is 2.65 bits per heavy atom. The first kappa shape index (κ1) is 14.7. The number of hydrogen-bond acceptors (Lipinski definition) is 4. The zero-order valence-electron chi connectivity index (χ0n) is 11.7. The zero-order valence-corrected chi connectivity index (χ0v) is 11.7. The fourth-order valence-corrected chi connectivity index (χ4v) is 2.82. The molecule has 0 aliphatic heterocycles. The maximum atomic E-state index is 12.6. The molecule has 108 valence electrons. The zero-order chi connectivity index (χ0) is 14.6. The van der Waals surface area contributed by atoms with Crippen LogP contribution in [-0.2, 0) is 9.53 Å². The Labute approximate surface area is 118 Å². The van der Waals surface area contributed by atoms with E-state index in [2.05, 4.69) is 0 Å². The van der Waals surface area contributed by atoms with E-state index in [1.54, 1.807) is 31.2 Å². The molecule has 2 rings (SSSR count). The standard InChI is InChI=1S/C16H20O4/c1-2-20-15(18)13-10-6-7-11-16(13,19)14(17)12-8-4-3-5-9-12/h3-5,8-9,13,19H,2,6-7,10-11H2,1H3/t13-,16-/m1/s1. The number of carbonyl (C=O) groups is 2. The number of ketones is 1. The third-order valence-electron chi connectivity index (χ3n) is 3.88. The number of ether oxygens (including phenoxy) is 1. The van der Waals surface area contributed by atoms with Crippen molar-refractivity contribution in [1.82, 2.24) is 0 Å². The van der Waals surface area contributed by atoms with Gasteiger partial charge < -0.3 is 9.84 Å². The Morgan fingerprint density at radius 1 is 1.30 bits per heavy atom. The Hall–Kier alpha value is -1.68. The topological polar surface area (TPSA) is 63.6 Å². The molecule has 0 amide bonds. The lowest BCUT2D eigenvalue weighted by atomic mass is 9.71. The van der Waals surface area contributed by atoms with Crippen molar-refractivity contribution in [2.75, 3.05) is 6.61 Å². The highest BCUT2D eigenvalue weighted by Gasteiger charge is 2.49. The average Bonchev–Trinajstić information content (AvgIpc) is 2.48. The quantitative estimate of drug-likeness (QED) is 0.677. The lowest BCUT2D eigenvalue weighted by molar-refractivity contribution is -0.158. The molecule has 1 N–H and O–H groups in total. The number of hydrogen-bond donors (Lipinski definition) is 1. The minimum Gasteiger partial charge on any atom is -0.466 e. The van der Waals surface area contributed by atoms with Gasteiger partial charge in [0, 0.05) is 5.56 Å². The first-order chi connectivity index (χ1) is 9.59. The van der Waals surface area contributed by atoms with E-state index in [9.17, 15) is 14.7 Å². The first-order valence-corrected chi connectivity index (χ1v) is 7.08. The van der Waals surface area contributed by atoms with Crippen molar-refractivity contribution in [2.24, 2.45) is 5.92 Å². The molecule has 1 fully saturated rings. The van der Waals surface area contributed by atoms with Gasteiger partial charge in [0.1, 0.15) is 5.60 Å². The smallest absolute Gasteiger partial charge is 0.312 e. The van der Waals surface area contributed by atoms with Crippen LogP contribution in [0.15, 0.2) is 30.3 Å². The molecule has 1 aromatic rings. The van der Waals surface area contributed by atoms with E-state index < -0.39 is 17.5 Å². The molecule has 0 spiro atoms. The summed E-state index contributed by atoms with van der Waals surface area (Å²) in [5, 5.41) is 10.8. The van der Waals surface area contributed by atoms with Crippen molar-refractivity contribution < 1.29 is 19.4 Å². The second-order valence-corrected chi connectivity index (χ2v) is 5.17. The third kappa shape index (κ3) is 2.75.